The molecule has 15 heavy (non-hydrogen) atoms. The van der Waals surface area contributed by atoms with Crippen LogP contribution in [0.4, 0.5) is 11.5 Å². The zero-order valence-electron chi connectivity index (χ0n) is 7.61. The van der Waals surface area contributed by atoms with Crippen molar-refractivity contribution in [2.45, 2.75) is 0 Å². The molecule has 2 rings (SSSR count). The van der Waals surface area contributed by atoms with Crippen molar-refractivity contribution in [1.82, 2.24) is 10.2 Å². The highest BCUT2D eigenvalue weighted by molar-refractivity contribution is 6.30. The Hall–Kier alpha value is -1.32. The molecule has 2 aromatic rings. The maximum atomic E-state index is 5.76. The predicted molar refractivity (Wildman–Crippen MR) is 61.8 cm³/mol. The lowest BCUT2D eigenvalue weighted by molar-refractivity contribution is 1.04. The topological polar surface area (TPSA) is 37.8 Å². The summed E-state index contributed by atoms with van der Waals surface area (Å²) in [6.45, 7) is 0. The average Bonchev–Trinajstić information content (AvgIpc) is 2.25. The standard InChI is InChI=1S/C10H7Cl2N3/c11-7-1-3-8(4-2-7)13-10-6-5-9(12)14-15-10/h1-6H,(H,13,15). The first kappa shape index (κ1) is 10.2. The number of hydrogen-bond acceptors (Lipinski definition) is 3. The number of nitrogens with zero attached hydrogens (tertiary/aromatic N) is 2. The van der Waals surface area contributed by atoms with Gasteiger partial charge in [0.15, 0.2) is 11.0 Å². The number of aromatic nitrogens is 2. The minimum Gasteiger partial charge on any atom is -0.339 e. The molecule has 0 saturated heterocycles. The Kier molecular flexibility index (Phi) is 3.04. The van der Waals surface area contributed by atoms with Gasteiger partial charge >= 0.3 is 0 Å². The number of hydrogen-bond donors (Lipinski definition) is 1. The van der Waals surface area contributed by atoms with E-state index in [9.17, 15) is 0 Å². The van der Waals surface area contributed by atoms with E-state index in [-0.39, 0.29) is 0 Å². The maximum Gasteiger partial charge on any atom is 0.153 e. The Morgan fingerprint density at radius 1 is 0.867 bits per heavy atom. The van der Waals surface area contributed by atoms with Crippen LogP contribution in [0.1, 0.15) is 0 Å². The second kappa shape index (κ2) is 4.47. The van der Waals surface area contributed by atoms with Crippen molar-refractivity contribution in [3.63, 3.8) is 0 Å². The summed E-state index contributed by atoms with van der Waals surface area (Å²) in [6.07, 6.45) is 0. The van der Waals surface area contributed by atoms with Gasteiger partial charge in [0.2, 0.25) is 0 Å². The van der Waals surface area contributed by atoms with Crippen molar-refractivity contribution < 1.29 is 0 Å². The lowest BCUT2D eigenvalue weighted by Crippen LogP contribution is -1.94. The van der Waals surface area contributed by atoms with E-state index in [1.807, 2.05) is 12.1 Å². The molecule has 1 aromatic heterocycles. The Bertz CT molecular complexity index is 396. The summed E-state index contributed by atoms with van der Waals surface area (Å²) in [5, 5.41) is 11.7. The smallest absolute Gasteiger partial charge is 0.153 e. The molecule has 0 aliphatic heterocycles. The molecule has 1 heterocycles. The van der Waals surface area contributed by atoms with E-state index in [4.69, 9.17) is 23.2 Å². The number of benzene rings is 1. The molecular formula is C10H7Cl2N3. The van der Waals surface area contributed by atoms with E-state index >= 15 is 0 Å². The van der Waals surface area contributed by atoms with Gasteiger partial charge in [-0.1, -0.05) is 23.2 Å². The van der Waals surface area contributed by atoms with Crippen LogP contribution in [0, 0.1) is 0 Å². The van der Waals surface area contributed by atoms with Crippen LogP contribution < -0.4 is 5.32 Å². The third kappa shape index (κ3) is 2.81. The van der Waals surface area contributed by atoms with E-state index in [0.717, 1.165) is 5.69 Å². The molecule has 0 aliphatic rings. The lowest BCUT2D eigenvalue weighted by atomic mass is 10.3. The molecule has 0 amide bonds. The van der Waals surface area contributed by atoms with Crippen molar-refractivity contribution in [1.29, 1.82) is 0 Å². The molecule has 0 radical (unpaired) electrons. The van der Waals surface area contributed by atoms with Gasteiger partial charge in [0.1, 0.15) is 0 Å². The first-order valence-corrected chi connectivity index (χ1v) is 5.01. The Labute approximate surface area is 97.1 Å². The van der Waals surface area contributed by atoms with Crippen molar-refractivity contribution in [3.05, 3.63) is 46.6 Å². The molecule has 5 heteroatoms. The van der Waals surface area contributed by atoms with Gasteiger partial charge in [-0.15, -0.1) is 10.2 Å². The largest absolute Gasteiger partial charge is 0.339 e. The first-order valence-electron chi connectivity index (χ1n) is 4.26. The molecular weight excluding hydrogens is 233 g/mol. The van der Waals surface area contributed by atoms with Gasteiger partial charge in [-0.2, -0.15) is 0 Å². The average molecular weight is 240 g/mol. The van der Waals surface area contributed by atoms with Gasteiger partial charge in [-0.3, -0.25) is 0 Å². The third-order valence-electron chi connectivity index (χ3n) is 1.75. The van der Waals surface area contributed by atoms with Gasteiger partial charge in [0, 0.05) is 10.7 Å². The van der Waals surface area contributed by atoms with E-state index in [1.54, 1.807) is 24.3 Å². The predicted octanol–water partition coefficient (Wildman–Crippen LogP) is 3.53. The highest BCUT2D eigenvalue weighted by atomic mass is 35.5. The Balaban J connectivity index is 2.15. The normalized spacial score (nSPS) is 10.0. The van der Waals surface area contributed by atoms with Crippen LogP contribution in [0.3, 0.4) is 0 Å². The van der Waals surface area contributed by atoms with E-state index < -0.39 is 0 Å². The molecule has 1 N–H and O–H groups in total. The molecule has 0 spiro atoms. The zero-order valence-corrected chi connectivity index (χ0v) is 9.13. The highest BCUT2D eigenvalue weighted by Gasteiger charge is 1.96. The van der Waals surface area contributed by atoms with Crippen LogP contribution in [-0.4, -0.2) is 10.2 Å². The minimum absolute atomic E-state index is 0.372. The lowest BCUT2D eigenvalue weighted by Gasteiger charge is -2.03. The number of nitrogens with one attached hydrogen (secondary N) is 1. The van der Waals surface area contributed by atoms with Gasteiger partial charge in [0.25, 0.3) is 0 Å². The minimum atomic E-state index is 0.372. The van der Waals surface area contributed by atoms with Gasteiger partial charge < -0.3 is 5.32 Å². The van der Waals surface area contributed by atoms with Crippen molar-refractivity contribution >= 4 is 34.7 Å². The molecule has 3 nitrogen and oxygen atoms in total. The summed E-state index contributed by atoms with van der Waals surface area (Å²) in [5.41, 5.74) is 0.899. The Morgan fingerprint density at radius 3 is 2.20 bits per heavy atom. The first-order chi connectivity index (χ1) is 7.24. The number of anilines is 2. The van der Waals surface area contributed by atoms with Crippen LogP contribution in [0.15, 0.2) is 36.4 Å². The third-order valence-corrected chi connectivity index (χ3v) is 2.20. The molecule has 0 aliphatic carbocycles. The molecule has 0 unspecified atom stereocenters. The summed E-state index contributed by atoms with van der Waals surface area (Å²) in [5.74, 6) is 0.640. The quantitative estimate of drug-likeness (QED) is 0.872. The molecule has 0 atom stereocenters. The number of rotatable bonds is 2. The SMILES string of the molecule is Clc1ccc(Nc2ccc(Cl)nn2)cc1. The second-order valence-corrected chi connectivity index (χ2v) is 3.70. The summed E-state index contributed by atoms with van der Waals surface area (Å²) < 4.78 is 0. The Morgan fingerprint density at radius 2 is 1.60 bits per heavy atom. The number of halogens is 2. The fourth-order valence-electron chi connectivity index (χ4n) is 1.06. The highest BCUT2D eigenvalue weighted by Crippen LogP contribution is 2.17. The fourth-order valence-corrected chi connectivity index (χ4v) is 1.29. The van der Waals surface area contributed by atoms with Crippen LogP contribution >= 0.6 is 23.2 Å². The van der Waals surface area contributed by atoms with E-state index in [0.29, 0.717) is 16.0 Å². The van der Waals surface area contributed by atoms with Gasteiger partial charge in [-0.05, 0) is 36.4 Å². The summed E-state index contributed by atoms with van der Waals surface area (Å²) in [6, 6.07) is 10.7. The summed E-state index contributed by atoms with van der Waals surface area (Å²) in [4.78, 5) is 0. The van der Waals surface area contributed by atoms with Gasteiger partial charge in [-0.25, -0.2) is 0 Å². The van der Waals surface area contributed by atoms with Crippen LogP contribution in [0.2, 0.25) is 10.2 Å². The summed E-state index contributed by atoms with van der Waals surface area (Å²) in [7, 11) is 0. The summed E-state index contributed by atoms with van der Waals surface area (Å²) >= 11 is 11.4. The van der Waals surface area contributed by atoms with Crippen LogP contribution in [0.25, 0.3) is 0 Å². The molecule has 76 valence electrons. The molecule has 0 fully saturated rings. The molecule has 1 aromatic carbocycles. The van der Waals surface area contributed by atoms with Crippen LogP contribution in [-0.2, 0) is 0 Å². The zero-order chi connectivity index (χ0) is 10.7. The monoisotopic (exact) mass is 239 g/mol. The van der Waals surface area contributed by atoms with E-state index in [2.05, 4.69) is 15.5 Å². The van der Waals surface area contributed by atoms with Crippen LogP contribution in [0.5, 0.6) is 0 Å². The van der Waals surface area contributed by atoms with Crippen molar-refractivity contribution in [2.24, 2.45) is 0 Å². The van der Waals surface area contributed by atoms with Gasteiger partial charge in [0.05, 0.1) is 0 Å². The van der Waals surface area contributed by atoms with E-state index in [1.165, 1.54) is 0 Å². The van der Waals surface area contributed by atoms with Crippen molar-refractivity contribution in [2.75, 3.05) is 5.32 Å². The maximum absolute atomic E-state index is 5.76. The fraction of sp³-hybridized carbons (Fsp3) is 0. The van der Waals surface area contributed by atoms with Crippen molar-refractivity contribution in [3.8, 4) is 0 Å². The molecule has 0 bridgehead atoms. The molecule has 0 saturated carbocycles. The second-order valence-electron chi connectivity index (χ2n) is 2.87.